The normalized spacial score (nSPS) is 11.9. The molecule has 1 amide bonds. The Balaban J connectivity index is 1.71. The number of carbonyl (C=O) groups is 1. The van der Waals surface area contributed by atoms with Crippen LogP contribution in [0.1, 0.15) is 36.8 Å². The number of nitrogens with zero attached hydrogens (tertiary/aromatic N) is 3. The Bertz CT molecular complexity index is 1230. The quantitative estimate of drug-likeness (QED) is 0.324. The first kappa shape index (κ1) is 21.2. The number of hydrogen-bond donors (Lipinski definition) is 1. The number of nitrogens with one attached hydrogen (secondary N) is 1. The van der Waals surface area contributed by atoms with Crippen LogP contribution in [-0.2, 0) is 5.41 Å². The van der Waals surface area contributed by atoms with Crippen molar-refractivity contribution >= 4 is 11.6 Å². The van der Waals surface area contributed by atoms with Gasteiger partial charge in [-0.05, 0) is 51.1 Å². The maximum atomic E-state index is 12.5. The fourth-order valence-corrected chi connectivity index (χ4v) is 3.46. The van der Waals surface area contributed by atoms with Gasteiger partial charge >= 0.3 is 0 Å². The molecule has 0 spiro atoms. The number of hydrogen-bond acceptors (Lipinski definition) is 3. The first-order chi connectivity index (χ1) is 15.5. The minimum Gasteiger partial charge on any atom is -0.267 e. The molecule has 1 aromatic heterocycles. The average Bonchev–Trinajstić information content (AvgIpc) is 3.30. The van der Waals surface area contributed by atoms with Crippen LogP contribution in [0, 0.1) is 0 Å². The molecule has 5 heteroatoms. The first-order valence-electron chi connectivity index (χ1n) is 10.6. The number of carbonyl (C=O) groups excluding carboxylic acids is 1. The molecule has 0 unspecified atom stereocenters. The first-order valence-corrected chi connectivity index (χ1v) is 10.6. The number of hydrazone groups is 1. The van der Waals surface area contributed by atoms with Crippen LogP contribution in [0.15, 0.2) is 102 Å². The van der Waals surface area contributed by atoms with Crippen LogP contribution in [-0.4, -0.2) is 21.4 Å². The van der Waals surface area contributed by atoms with Crippen LogP contribution in [0.3, 0.4) is 0 Å². The van der Waals surface area contributed by atoms with Crippen LogP contribution >= 0.6 is 0 Å². The Kier molecular flexibility index (Phi) is 5.99. The molecule has 0 aliphatic heterocycles. The summed E-state index contributed by atoms with van der Waals surface area (Å²) in [7, 11) is 0. The van der Waals surface area contributed by atoms with Crippen molar-refractivity contribution in [3.8, 4) is 16.9 Å². The molecule has 0 aliphatic rings. The topological polar surface area (TPSA) is 59.3 Å². The van der Waals surface area contributed by atoms with Crippen molar-refractivity contribution in [1.29, 1.82) is 0 Å². The third-order valence-electron chi connectivity index (χ3n) is 5.69. The predicted molar refractivity (Wildman–Crippen MR) is 129 cm³/mol. The summed E-state index contributed by atoms with van der Waals surface area (Å²) in [6.07, 6.45) is 0. The zero-order chi connectivity index (χ0) is 22.6. The molecule has 0 atom stereocenters. The van der Waals surface area contributed by atoms with Gasteiger partial charge in [-0.1, -0.05) is 66.7 Å². The van der Waals surface area contributed by atoms with Crippen molar-refractivity contribution in [2.75, 3.05) is 0 Å². The van der Waals surface area contributed by atoms with Crippen molar-refractivity contribution in [2.24, 2.45) is 5.10 Å². The fraction of sp³-hybridized carbons (Fsp3) is 0.148. The van der Waals surface area contributed by atoms with E-state index in [1.54, 1.807) is 12.1 Å². The lowest BCUT2D eigenvalue weighted by Gasteiger charge is -2.25. The van der Waals surface area contributed by atoms with Gasteiger partial charge in [-0.3, -0.25) is 4.79 Å². The lowest BCUT2D eigenvalue weighted by Crippen LogP contribution is -2.32. The maximum Gasteiger partial charge on any atom is 0.271 e. The Morgan fingerprint density at radius 2 is 1.44 bits per heavy atom. The Hall–Kier alpha value is -3.99. The molecule has 0 radical (unpaired) electrons. The molecule has 1 N–H and O–H groups in total. The summed E-state index contributed by atoms with van der Waals surface area (Å²) in [6, 6.07) is 31.3. The average molecular weight is 423 g/mol. The SMILES string of the molecule is C/C(=N\NC(=O)c1ccccc1)C(C)(C)c1cc(-c2ccccc2)nn1-c1ccccc1. The van der Waals surface area contributed by atoms with Crippen LogP contribution in [0.25, 0.3) is 16.9 Å². The van der Waals surface area contributed by atoms with E-state index in [9.17, 15) is 4.79 Å². The minimum absolute atomic E-state index is 0.234. The summed E-state index contributed by atoms with van der Waals surface area (Å²) in [5.41, 5.74) is 7.44. The molecule has 32 heavy (non-hydrogen) atoms. The Labute approximate surface area is 188 Å². The van der Waals surface area contributed by atoms with E-state index in [0.29, 0.717) is 5.56 Å². The van der Waals surface area contributed by atoms with Gasteiger partial charge in [-0.15, -0.1) is 0 Å². The van der Waals surface area contributed by atoms with Crippen LogP contribution in [0.4, 0.5) is 0 Å². The summed E-state index contributed by atoms with van der Waals surface area (Å²) < 4.78 is 1.96. The van der Waals surface area contributed by atoms with Gasteiger partial charge in [0.15, 0.2) is 0 Å². The van der Waals surface area contributed by atoms with Gasteiger partial charge in [0.1, 0.15) is 0 Å². The Morgan fingerprint density at radius 1 is 0.875 bits per heavy atom. The second-order valence-corrected chi connectivity index (χ2v) is 8.16. The van der Waals surface area contributed by atoms with E-state index in [1.165, 1.54) is 0 Å². The standard InChI is InChI=1S/C27H26N4O/c1-20(28-29-26(32)22-15-9-5-10-16-22)27(2,3)25-19-24(21-13-7-4-8-14-21)30-31(25)23-17-11-6-12-18-23/h4-19H,1-3H3,(H,29,32)/b28-20+. The van der Waals surface area contributed by atoms with E-state index in [-0.39, 0.29) is 5.91 Å². The van der Waals surface area contributed by atoms with Gasteiger partial charge in [-0.2, -0.15) is 10.2 Å². The molecule has 0 saturated heterocycles. The van der Waals surface area contributed by atoms with Gasteiger partial charge in [0.25, 0.3) is 5.91 Å². The van der Waals surface area contributed by atoms with Crippen molar-refractivity contribution < 1.29 is 4.79 Å². The lowest BCUT2D eigenvalue weighted by molar-refractivity contribution is 0.0954. The molecule has 4 rings (SSSR count). The van der Waals surface area contributed by atoms with Crippen LogP contribution < -0.4 is 5.43 Å². The van der Waals surface area contributed by atoms with Crippen LogP contribution in [0.2, 0.25) is 0 Å². The Morgan fingerprint density at radius 3 is 2.06 bits per heavy atom. The summed E-state index contributed by atoms with van der Waals surface area (Å²) >= 11 is 0. The number of rotatable bonds is 6. The molecular formula is C27H26N4O. The van der Waals surface area contributed by atoms with Gasteiger partial charge in [0, 0.05) is 22.3 Å². The molecule has 0 fully saturated rings. The highest BCUT2D eigenvalue weighted by Crippen LogP contribution is 2.31. The molecule has 4 aromatic rings. The second kappa shape index (κ2) is 9.02. The molecule has 0 aliphatic carbocycles. The van der Waals surface area contributed by atoms with Crippen LogP contribution in [0.5, 0.6) is 0 Å². The number of aromatic nitrogens is 2. The highest BCUT2D eigenvalue weighted by atomic mass is 16.2. The van der Waals surface area contributed by atoms with Gasteiger partial charge < -0.3 is 0 Å². The summed E-state index contributed by atoms with van der Waals surface area (Å²) in [5, 5.41) is 9.36. The zero-order valence-corrected chi connectivity index (χ0v) is 18.5. The molecular weight excluding hydrogens is 396 g/mol. The lowest BCUT2D eigenvalue weighted by atomic mass is 9.84. The van der Waals surface area contributed by atoms with E-state index in [0.717, 1.165) is 28.4 Å². The maximum absolute atomic E-state index is 12.5. The molecule has 0 bridgehead atoms. The molecule has 1 heterocycles. The van der Waals surface area contributed by atoms with Crippen molar-refractivity contribution in [1.82, 2.24) is 15.2 Å². The number of para-hydroxylation sites is 1. The summed E-state index contributed by atoms with van der Waals surface area (Å²) in [4.78, 5) is 12.5. The number of amides is 1. The van der Waals surface area contributed by atoms with E-state index in [4.69, 9.17) is 5.10 Å². The number of benzene rings is 3. The zero-order valence-electron chi connectivity index (χ0n) is 18.5. The molecule has 0 saturated carbocycles. The molecule has 160 valence electrons. The minimum atomic E-state index is -0.486. The van der Waals surface area contributed by atoms with Crippen molar-refractivity contribution in [3.63, 3.8) is 0 Å². The van der Waals surface area contributed by atoms with E-state index in [1.807, 2.05) is 78.3 Å². The smallest absolute Gasteiger partial charge is 0.267 e. The van der Waals surface area contributed by atoms with E-state index >= 15 is 0 Å². The third kappa shape index (κ3) is 4.37. The monoisotopic (exact) mass is 422 g/mol. The van der Waals surface area contributed by atoms with Gasteiger partial charge in [-0.25, -0.2) is 10.1 Å². The molecule has 5 nitrogen and oxygen atoms in total. The van der Waals surface area contributed by atoms with E-state index < -0.39 is 5.41 Å². The highest BCUT2D eigenvalue weighted by Gasteiger charge is 2.30. The summed E-state index contributed by atoms with van der Waals surface area (Å²) in [5.74, 6) is -0.234. The molecule has 3 aromatic carbocycles. The second-order valence-electron chi connectivity index (χ2n) is 8.16. The third-order valence-corrected chi connectivity index (χ3v) is 5.69. The van der Waals surface area contributed by atoms with Gasteiger partial charge in [0.05, 0.1) is 17.1 Å². The van der Waals surface area contributed by atoms with Crippen molar-refractivity contribution in [3.05, 3.63) is 108 Å². The highest BCUT2D eigenvalue weighted by molar-refractivity contribution is 5.97. The van der Waals surface area contributed by atoms with E-state index in [2.05, 4.69) is 42.6 Å². The van der Waals surface area contributed by atoms with Gasteiger partial charge in [0.2, 0.25) is 0 Å². The van der Waals surface area contributed by atoms with Crippen molar-refractivity contribution in [2.45, 2.75) is 26.2 Å². The predicted octanol–water partition coefficient (Wildman–Crippen LogP) is 5.62. The largest absolute Gasteiger partial charge is 0.271 e. The fourth-order valence-electron chi connectivity index (χ4n) is 3.46. The summed E-state index contributed by atoms with van der Waals surface area (Å²) in [6.45, 7) is 6.10.